The first-order valence-corrected chi connectivity index (χ1v) is 9.29. The van der Waals surface area contributed by atoms with E-state index in [1.807, 2.05) is 6.08 Å². The zero-order valence-electron chi connectivity index (χ0n) is 15.9. The van der Waals surface area contributed by atoms with Gasteiger partial charge < -0.3 is 4.90 Å². The van der Waals surface area contributed by atoms with Crippen LogP contribution in [0.2, 0.25) is 0 Å². The standard InChI is InChI=1S/C23H30N2/c1-7-17(6)23-24-20-13-8-9-14-21(20)25(23)22-18(15(2)3)11-10-12-19(22)16(4)5/h7-16,20-21,23-24H,1,6H2,2-5H3. The molecule has 3 unspecified atom stereocenters. The van der Waals surface area contributed by atoms with Gasteiger partial charge in [0.2, 0.25) is 0 Å². The Morgan fingerprint density at radius 1 is 1.08 bits per heavy atom. The summed E-state index contributed by atoms with van der Waals surface area (Å²) in [5, 5.41) is 3.74. The summed E-state index contributed by atoms with van der Waals surface area (Å²) in [6.07, 6.45) is 10.8. The molecule has 0 radical (unpaired) electrons. The molecule has 1 N–H and O–H groups in total. The Kier molecular flexibility index (Phi) is 5.01. The van der Waals surface area contributed by atoms with Gasteiger partial charge in [-0.25, -0.2) is 0 Å². The van der Waals surface area contributed by atoms with Crippen LogP contribution in [-0.4, -0.2) is 18.2 Å². The summed E-state index contributed by atoms with van der Waals surface area (Å²) in [6.45, 7) is 17.3. The Bertz CT molecular complexity index is 697. The second-order valence-corrected chi connectivity index (χ2v) is 7.64. The Hall–Kier alpha value is -2.06. The molecule has 3 atom stereocenters. The van der Waals surface area contributed by atoms with Gasteiger partial charge in [0.05, 0.1) is 12.1 Å². The number of allylic oxidation sites excluding steroid dienone is 2. The molecule has 0 amide bonds. The Labute approximate surface area is 152 Å². The lowest BCUT2D eigenvalue weighted by Crippen LogP contribution is -2.41. The van der Waals surface area contributed by atoms with E-state index in [0.717, 1.165) is 5.57 Å². The van der Waals surface area contributed by atoms with Gasteiger partial charge >= 0.3 is 0 Å². The van der Waals surface area contributed by atoms with E-state index >= 15 is 0 Å². The number of rotatable bonds is 5. The highest BCUT2D eigenvalue weighted by Gasteiger charge is 2.41. The monoisotopic (exact) mass is 334 g/mol. The van der Waals surface area contributed by atoms with Gasteiger partial charge in [-0.2, -0.15) is 0 Å². The van der Waals surface area contributed by atoms with E-state index in [1.165, 1.54) is 16.8 Å². The molecule has 1 aliphatic carbocycles. The summed E-state index contributed by atoms with van der Waals surface area (Å²) in [6, 6.07) is 7.34. The van der Waals surface area contributed by atoms with E-state index in [2.05, 4.69) is 93.6 Å². The minimum absolute atomic E-state index is 0.0669. The van der Waals surface area contributed by atoms with Crippen LogP contribution in [0.25, 0.3) is 0 Å². The third kappa shape index (κ3) is 3.11. The van der Waals surface area contributed by atoms with Crippen molar-refractivity contribution in [1.82, 2.24) is 5.32 Å². The van der Waals surface area contributed by atoms with Crippen molar-refractivity contribution < 1.29 is 0 Å². The summed E-state index contributed by atoms with van der Waals surface area (Å²) in [5.74, 6) is 0.932. The van der Waals surface area contributed by atoms with E-state index in [0.29, 0.717) is 23.9 Å². The molecule has 1 aliphatic heterocycles. The van der Waals surface area contributed by atoms with Gasteiger partial charge in [0.15, 0.2) is 0 Å². The largest absolute Gasteiger partial charge is 0.343 e. The summed E-state index contributed by atoms with van der Waals surface area (Å²) in [4.78, 5) is 2.53. The Morgan fingerprint density at radius 2 is 1.68 bits per heavy atom. The first kappa shape index (κ1) is 17.8. The molecule has 0 saturated carbocycles. The molecule has 25 heavy (non-hydrogen) atoms. The lowest BCUT2D eigenvalue weighted by molar-refractivity contribution is 0.648. The molecule has 2 aliphatic rings. The molecule has 0 aromatic heterocycles. The fourth-order valence-corrected chi connectivity index (χ4v) is 3.94. The van der Waals surface area contributed by atoms with Crippen LogP contribution in [0, 0.1) is 0 Å². The number of hydrogen-bond donors (Lipinski definition) is 1. The Balaban J connectivity index is 2.20. The molecule has 132 valence electrons. The molecule has 1 aromatic rings. The van der Waals surface area contributed by atoms with Crippen molar-refractivity contribution in [2.24, 2.45) is 0 Å². The number of fused-ring (bicyclic) bond motifs is 1. The van der Waals surface area contributed by atoms with Gasteiger partial charge in [-0.05, 0) is 28.5 Å². The van der Waals surface area contributed by atoms with E-state index < -0.39 is 0 Å². The first-order valence-electron chi connectivity index (χ1n) is 9.29. The molecule has 1 saturated heterocycles. The van der Waals surface area contributed by atoms with Crippen LogP contribution in [0.4, 0.5) is 5.69 Å². The highest BCUT2D eigenvalue weighted by molar-refractivity contribution is 5.67. The molecule has 2 heteroatoms. The van der Waals surface area contributed by atoms with Crippen molar-refractivity contribution in [2.75, 3.05) is 4.90 Å². The van der Waals surface area contributed by atoms with Gasteiger partial charge in [-0.15, -0.1) is 0 Å². The van der Waals surface area contributed by atoms with Gasteiger partial charge in [-0.3, -0.25) is 5.32 Å². The molecule has 0 spiro atoms. The van der Waals surface area contributed by atoms with E-state index in [-0.39, 0.29) is 6.17 Å². The molecule has 3 rings (SSSR count). The van der Waals surface area contributed by atoms with Crippen LogP contribution in [0.3, 0.4) is 0 Å². The molecule has 2 nitrogen and oxygen atoms in total. The second kappa shape index (κ2) is 7.05. The molecule has 0 bridgehead atoms. The SMILES string of the molecule is C=CC(=C)C1NC2C=CC=CC2N1c1c(C(C)C)cccc1C(C)C. The fourth-order valence-electron chi connectivity index (χ4n) is 3.94. The molecule has 1 fully saturated rings. The average Bonchev–Trinajstić information content (AvgIpc) is 2.99. The fraction of sp³-hybridized carbons (Fsp3) is 0.391. The van der Waals surface area contributed by atoms with Gasteiger partial charge in [0.25, 0.3) is 0 Å². The normalized spacial score (nSPS) is 24.9. The molecular weight excluding hydrogens is 304 g/mol. The summed E-state index contributed by atoms with van der Waals surface area (Å²) in [7, 11) is 0. The van der Waals surface area contributed by atoms with E-state index in [9.17, 15) is 0 Å². The smallest absolute Gasteiger partial charge is 0.106 e. The maximum atomic E-state index is 4.27. The zero-order chi connectivity index (χ0) is 18.1. The third-order valence-corrected chi connectivity index (χ3v) is 5.27. The van der Waals surface area contributed by atoms with Crippen molar-refractivity contribution in [3.8, 4) is 0 Å². The minimum atomic E-state index is 0.0669. The maximum absolute atomic E-state index is 4.27. The Morgan fingerprint density at radius 3 is 2.24 bits per heavy atom. The predicted octanol–water partition coefficient (Wildman–Crippen LogP) is 5.27. The average molecular weight is 335 g/mol. The van der Waals surface area contributed by atoms with Crippen molar-refractivity contribution in [2.45, 2.75) is 57.8 Å². The van der Waals surface area contributed by atoms with Crippen molar-refractivity contribution in [3.63, 3.8) is 0 Å². The number of hydrogen-bond acceptors (Lipinski definition) is 2. The highest BCUT2D eigenvalue weighted by atomic mass is 15.4. The summed E-state index contributed by atoms with van der Waals surface area (Å²) >= 11 is 0. The van der Waals surface area contributed by atoms with Crippen LogP contribution in [0.5, 0.6) is 0 Å². The lowest BCUT2D eigenvalue weighted by Gasteiger charge is -2.36. The summed E-state index contributed by atoms with van der Waals surface area (Å²) < 4.78 is 0. The van der Waals surface area contributed by atoms with Gasteiger partial charge in [-0.1, -0.05) is 89.4 Å². The topological polar surface area (TPSA) is 15.3 Å². The lowest BCUT2D eigenvalue weighted by atomic mass is 9.90. The van der Waals surface area contributed by atoms with Crippen LogP contribution in [0.1, 0.15) is 50.7 Å². The molecule has 1 heterocycles. The van der Waals surface area contributed by atoms with Crippen molar-refractivity contribution in [1.29, 1.82) is 0 Å². The van der Waals surface area contributed by atoms with Crippen molar-refractivity contribution in [3.05, 3.63) is 78.4 Å². The number of benzene rings is 1. The van der Waals surface area contributed by atoms with Crippen LogP contribution in [-0.2, 0) is 0 Å². The third-order valence-electron chi connectivity index (χ3n) is 5.27. The van der Waals surface area contributed by atoms with Gasteiger partial charge in [0, 0.05) is 5.69 Å². The summed E-state index contributed by atoms with van der Waals surface area (Å²) in [5.41, 5.74) is 5.18. The van der Waals surface area contributed by atoms with Crippen molar-refractivity contribution >= 4 is 5.69 Å². The maximum Gasteiger partial charge on any atom is 0.106 e. The molecule has 1 aromatic carbocycles. The minimum Gasteiger partial charge on any atom is -0.343 e. The van der Waals surface area contributed by atoms with E-state index in [4.69, 9.17) is 0 Å². The van der Waals surface area contributed by atoms with Crippen LogP contribution < -0.4 is 10.2 Å². The number of para-hydroxylation sites is 1. The predicted molar refractivity (Wildman–Crippen MR) is 109 cm³/mol. The highest BCUT2D eigenvalue weighted by Crippen LogP contribution is 2.41. The first-order chi connectivity index (χ1) is 12.0. The number of anilines is 1. The molecular formula is C23H30N2. The van der Waals surface area contributed by atoms with Crippen LogP contribution >= 0.6 is 0 Å². The second-order valence-electron chi connectivity index (χ2n) is 7.64. The van der Waals surface area contributed by atoms with E-state index in [1.54, 1.807) is 0 Å². The number of nitrogens with one attached hydrogen (secondary N) is 1. The zero-order valence-corrected chi connectivity index (χ0v) is 15.9. The number of nitrogens with zero attached hydrogens (tertiary/aromatic N) is 1. The van der Waals surface area contributed by atoms with Gasteiger partial charge in [0.1, 0.15) is 6.17 Å². The van der Waals surface area contributed by atoms with Crippen LogP contribution in [0.15, 0.2) is 67.3 Å². The quantitative estimate of drug-likeness (QED) is 0.738.